The molecule has 1 amide bonds. The summed E-state index contributed by atoms with van der Waals surface area (Å²) in [6.07, 6.45) is 7.14. The maximum absolute atomic E-state index is 13.6. The Morgan fingerprint density at radius 1 is 1.36 bits per heavy atom. The summed E-state index contributed by atoms with van der Waals surface area (Å²) in [4.78, 5) is 20.1. The highest BCUT2D eigenvalue weighted by atomic mass is 127. The molecule has 28 heavy (non-hydrogen) atoms. The molecule has 1 heterocycles. The number of aryl methyl sites for hydroxylation is 1. The van der Waals surface area contributed by atoms with Gasteiger partial charge in [-0.3, -0.25) is 9.69 Å². The maximum atomic E-state index is 13.6. The predicted octanol–water partition coefficient (Wildman–Crippen LogP) is 4.11. The molecule has 0 aromatic heterocycles. The Labute approximate surface area is 181 Å². The van der Waals surface area contributed by atoms with E-state index in [1.54, 1.807) is 11.9 Å². The first-order valence-corrected chi connectivity index (χ1v) is 11.2. The molecule has 1 unspecified atom stereocenters. The number of aliphatic imine (C=N–C) groups is 1. The Balaban J connectivity index is 1.79. The highest BCUT2D eigenvalue weighted by Crippen LogP contribution is 2.61. The Hall–Kier alpha value is -1.15. The van der Waals surface area contributed by atoms with E-state index < -0.39 is 5.54 Å². The smallest absolute Gasteiger partial charge is 0.262 e. The van der Waals surface area contributed by atoms with Crippen molar-refractivity contribution in [3.8, 4) is 0 Å². The number of halogens is 1. The number of amides is 1. The lowest BCUT2D eigenvalue weighted by Crippen LogP contribution is -2.51. The molecule has 0 bridgehead atoms. The van der Waals surface area contributed by atoms with Gasteiger partial charge in [0.05, 0.1) is 6.10 Å². The third-order valence-electron chi connectivity index (χ3n) is 7.13. The van der Waals surface area contributed by atoms with Crippen LogP contribution in [0.4, 0.5) is 0 Å². The Bertz CT molecular complexity index is 814. The van der Waals surface area contributed by atoms with E-state index in [1.165, 1.54) is 11.1 Å². The van der Waals surface area contributed by atoms with Gasteiger partial charge in [-0.25, -0.2) is 4.99 Å². The number of likely N-dealkylation sites (N-methyl/N-ethyl adjacent to an activating group) is 1. The molecule has 5 nitrogen and oxygen atoms in total. The largest absolute Gasteiger partial charge is 0.369 e. The summed E-state index contributed by atoms with van der Waals surface area (Å²) in [5.41, 5.74) is 8.80. The van der Waals surface area contributed by atoms with Crippen molar-refractivity contribution < 1.29 is 7.86 Å². The maximum Gasteiger partial charge on any atom is 0.262 e. The van der Waals surface area contributed by atoms with Crippen LogP contribution >= 0.6 is 23.0 Å². The number of hydrogen-bond donors (Lipinski definition) is 1. The quantitative estimate of drug-likeness (QED) is 0.640. The normalized spacial score (nSPS) is 31.9. The molecule has 0 saturated heterocycles. The van der Waals surface area contributed by atoms with Crippen LogP contribution in [0.15, 0.2) is 23.2 Å². The monoisotopic (exact) mass is 495 g/mol. The topological polar surface area (TPSA) is 67.9 Å². The number of carbonyl (C=O) groups excluding carboxylic acids is 1. The highest BCUT2D eigenvalue weighted by Gasteiger charge is 2.66. The third-order valence-corrected chi connectivity index (χ3v) is 7.85. The molecule has 1 aromatic rings. The molecule has 1 atom stereocenters. The minimum absolute atomic E-state index is 0.0404. The lowest BCUT2D eigenvalue weighted by molar-refractivity contribution is -0.136. The van der Waals surface area contributed by atoms with Gasteiger partial charge in [0.15, 0.2) is 11.5 Å². The van der Waals surface area contributed by atoms with Gasteiger partial charge in [-0.05, 0) is 67.6 Å². The van der Waals surface area contributed by atoms with Crippen molar-refractivity contribution in [3.05, 3.63) is 34.9 Å². The minimum Gasteiger partial charge on any atom is -0.369 e. The molecule has 3 aliphatic rings. The van der Waals surface area contributed by atoms with Gasteiger partial charge in [-0.2, -0.15) is 0 Å². The van der Waals surface area contributed by atoms with Crippen molar-refractivity contribution in [3.63, 3.8) is 0 Å². The second kappa shape index (κ2) is 7.27. The number of nitrogens with zero attached hydrogens (tertiary/aromatic N) is 2. The standard InChI is InChI=1S/C22H30IN3O2/c1-14(2)4-5-15-6-7-16-13-21(10-8-17(28-23)9-11-21)22(18(16)12-15)19(27)26(3)20(24)25-22/h6-7,12,14,17H,4-5,8-11,13H2,1-3H3,(H2,24,25)/t17-,21-,22?. The summed E-state index contributed by atoms with van der Waals surface area (Å²) in [5, 5.41) is 0. The van der Waals surface area contributed by atoms with E-state index >= 15 is 0 Å². The molecule has 4 rings (SSSR count). The Morgan fingerprint density at radius 2 is 2.07 bits per heavy atom. The summed E-state index contributed by atoms with van der Waals surface area (Å²) in [7, 11) is 1.75. The van der Waals surface area contributed by atoms with Crippen LogP contribution in [0.5, 0.6) is 0 Å². The average molecular weight is 495 g/mol. The first-order valence-electron chi connectivity index (χ1n) is 10.4. The number of carbonyl (C=O) groups is 1. The van der Waals surface area contributed by atoms with E-state index in [0.29, 0.717) is 11.9 Å². The van der Waals surface area contributed by atoms with Gasteiger partial charge in [0.25, 0.3) is 5.91 Å². The van der Waals surface area contributed by atoms with Crippen LogP contribution in [0.3, 0.4) is 0 Å². The lowest BCUT2D eigenvalue weighted by Gasteiger charge is -2.44. The second-order valence-corrected chi connectivity index (χ2v) is 9.72. The van der Waals surface area contributed by atoms with E-state index in [2.05, 4.69) is 32.0 Å². The van der Waals surface area contributed by atoms with Crippen LogP contribution in [-0.4, -0.2) is 29.9 Å². The van der Waals surface area contributed by atoms with Crippen molar-refractivity contribution in [2.45, 2.75) is 70.4 Å². The molecule has 1 aliphatic heterocycles. The summed E-state index contributed by atoms with van der Waals surface area (Å²) >= 11 is 2.00. The SMILES string of the molecule is CC(C)CCc1ccc2c(c1)C1(N=C(N)N(C)C1=O)[C@]1(CC[C@H](OI)CC1)C2. The fraction of sp³-hybridized carbons (Fsp3) is 0.636. The van der Waals surface area contributed by atoms with Gasteiger partial charge < -0.3 is 8.80 Å². The van der Waals surface area contributed by atoms with Gasteiger partial charge in [-0.1, -0.05) is 32.0 Å². The molecular weight excluding hydrogens is 465 g/mol. The number of fused-ring (bicyclic) bond motifs is 3. The lowest BCUT2D eigenvalue weighted by atomic mass is 9.61. The van der Waals surface area contributed by atoms with E-state index in [9.17, 15) is 4.79 Å². The fourth-order valence-corrected chi connectivity index (χ4v) is 5.95. The number of guanidine groups is 1. The predicted molar refractivity (Wildman–Crippen MR) is 119 cm³/mol. The highest BCUT2D eigenvalue weighted by molar-refractivity contribution is 14.1. The van der Waals surface area contributed by atoms with Crippen molar-refractivity contribution >= 4 is 34.9 Å². The van der Waals surface area contributed by atoms with Gasteiger partial charge in [0.2, 0.25) is 0 Å². The molecule has 1 saturated carbocycles. The van der Waals surface area contributed by atoms with Crippen molar-refractivity contribution in [2.75, 3.05) is 7.05 Å². The van der Waals surface area contributed by atoms with Gasteiger partial charge in [-0.15, -0.1) is 0 Å². The molecule has 1 fully saturated rings. The van der Waals surface area contributed by atoms with Crippen LogP contribution in [0.2, 0.25) is 0 Å². The van der Waals surface area contributed by atoms with Crippen LogP contribution in [0, 0.1) is 11.3 Å². The second-order valence-electron chi connectivity index (χ2n) is 9.21. The summed E-state index contributed by atoms with van der Waals surface area (Å²) in [5.74, 6) is 1.04. The van der Waals surface area contributed by atoms with Crippen LogP contribution in [0.25, 0.3) is 0 Å². The zero-order chi connectivity index (χ0) is 20.1. The van der Waals surface area contributed by atoms with Crippen molar-refractivity contribution in [1.29, 1.82) is 0 Å². The average Bonchev–Trinajstić information content (AvgIpc) is 3.08. The van der Waals surface area contributed by atoms with Crippen LogP contribution < -0.4 is 5.73 Å². The van der Waals surface area contributed by atoms with Crippen molar-refractivity contribution in [2.24, 2.45) is 22.1 Å². The van der Waals surface area contributed by atoms with Gasteiger partial charge >= 0.3 is 0 Å². The zero-order valence-corrected chi connectivity index (χ0v) is 19.2. The number of nitrogens with two attached hydrogens (primary N) is 1. The molecule has 2 spiro atoms. The molecule has 6 heteroatoms. The first-order chi connectivity index (χ1) is 13.3. The van der Waals surface area contributed by atoms with Gasteiger partial charge in [0, 0.05) is 12.5 Å². The fourth-order valence-electron chi connectivity index (χ4n) is 5.44. The summed E-state index contributed by atoms with van der Waals surface area (Å²) < 4.78 is 5.58. The molecule has 1 aromatic carbocycles. The first kappa shape index (κ1) is 20.1. The Kier molecular flexibility index (Phi) is 5.23. The molecule has 0 radical (unpaired) electrons. The molecule has 2 N–H and O–H groups in total. The molecule has 2 aliphatic carbocycles. The van der Waals surface area contributed by atoms with E-state index in [-0.39, 0.29) is 17.4 Å². The van der Waals surface area contributed by atoms with Crippen molar-refractivity contribution in [1.82, 2.24) is 4.90 Å². The molecule has 152 valence electrons. The van der Waals surface area contributed by atoms with Crippen LogP contribution in [-0.2, 0) is 26.2 Å². The Morgan fingerprint density at radius 3 is 2.64 bits per heavy atom. The number of rotatable bonds is 4. The summed E-state index contributed by atoms with van der Waals surface area (Å²) in [6, 6.07) is 6.73. The van der Waals surface area contributed by atoms with E-state index in [1.807, 2.05) is 23.0 Å². The number of hydrogen-bond acceptors (Lipinski definition) is 4. The van der Waals surface area contributed by atoms with Gasteiger partial charge in [0.1, 0.15) is 23.0 Å². The minimum atomic E-state index is -0.856. The number of benzene rings is 1. The van der Waals surface area contributed by atoms with E-state index in [0.717, 1.165) is 50.5 Å². The van der Waals surface area contributed by atoms with Crippen LogP contribution in [0.1, 0.15) is 62.6 Å². The molecular formula is C22H30IN3O2. The summed E-state index contributed by atoms with van der Waals surface area (Å²) in [6.45, 7) is 4.50. The van der Waals surface area contributed by atoms with E-state index in [4.69, 9.17) is 13.8 Å². The zero-order valence-electron chi connectivity index (χ0n) is 17.0. The third kappa shape index (κ3) is 2.90.